The van der Waals surface area contributed by atoms with E-state index < -0.39 is 5.41 Å². The van der Waals surface area contributed by atoms with Gasteiger partial charge in [-0.1, -0.05) is 12.1 Å². The van der Waals surface area contributed by atoms with Gasteiger partial charge in [0.1, 0.15) is 0 Å². The first-order valence-corrected chi connectivity index (χ1v) is 8.96. The summed E-state index contributed by atoms with van der Waals surface area (Å²) in [4.78, 5) is 12.8. The summed E-state index contributed by atoms with van der Waals surface area (Å²) in [5, 5.41) is 3.07. The molecule has 6 nitrogen and oxygen atoms in total. The molecule has 0 spiro atoms. The zero-order chi connectivity index (χ0) is 18.1. The van der Waals surface area contributed by atoms with E-state index in [9.17, 15) is 4.79 Å². The van der Waals surface area contributed by atoms with Crippen molar-refractivity contribution < 1.29 is 19.0 Å². The third-order valence-corrected chi connectivity index (χ3v) is 4.85. The van der Waals surface area contributed by atoms with E-state index in [2.05, 4.69) is 5.32 Å². The van der Waals surface area contributed by atoms with Crippen LogP contribution in [0.3, 0.4) is 0 Å². The molecule has 1 heterocycles. The summed E-state index contributed by atoms with van der Waals surface area (Å²) in [6.45, 7) is 7.79. The number of hydrogen-bond acceptors (Lipinski definition) is 5. The fraction of sp³-hybridized carbons (Fsp3) is 0.632. The maximum atomic E-state index is 12.8. The molecule has 0 aromatic heterocycles. The van der Waals surface area contributed by atoms with Crippen molar-refractivity contribution in [1.29, 1.82) is 0 Å². The summed E-state index contributed by atoms with van der Waals surface area (Å²) in [6.07, 6.45) is 1.32. The van der Waals surface area contributed by atoms with Crippen molar-refractivity contribution in [3.8, 4) is 0 Å². The highest BCUT2D eigenvalue weighted by molar-refractivity contribution is 5.96. The smallest absolute Gasteiger partial charge is 0.232 e. The zero-order valence-corrected chi connectivity index (χ0v) is 16.5. The van der Waals surface area contributed by atoms with Crippen molar-refractivity contribution in [2.75, 3.05) is 44.9 Å². The predicted molar refractivity (Wildman–Crippen MR) is 105 cm³/mol. The molecule has 0 bridgehead atoms. The second-order valence-corrected chi connectivity index (χ2v) is 6.39. The lowest BCUT2D eigenvalue weighted by Crippen LogP contribution is -2.46. The minimum Gasteiger partial charge on any atom is -0.381 e. The number of carbonyl (C=O) groups excluding carboxylic acids is 1. The van der Waals surface area contributed by atoms with Crippen molar-refractivity contribution in [1.82, 2.24) is 0 Å². The largest absolute Gasteiger partial charge is 0.381 e. The quantitative estimate of drug-likeness (QED) is 0.637. The summed E-state index contributed by atoms with van der Waals surface area (Å²) >= 11 is 0. The number of amides is 1. The van der Waals surface area contributed by atoms with Crippen LogP contribution in [0.5, 0.6) is 0 Å². The van der Waals surface area contributed by atoms with Crippen molar-refractivity contribution in [2.24, 2.45) is 11.1 Å². The minimum absolute atomic E-state index is 0. The van der Waals surface area contributed by atoms with E-state index in [0.717, 1.165) is 16.8 Å². The molecule has 0 saturated carbocycles. The normalized spacial score (nSPS) is 16.0. The Bertz CT molecular complexity index is 562. The lowest BCUT2D eigenvalue weighted by atomic mass is 9.79. The van der Waals surface area contributed by atoms with E-state index in [1.807, 2.05) is 32.0 Å². The molecule has 0 atom stereocenters. The number of benzene rings is 1. The molecule has 1 aliphatic heterocycles. The monoisotopic (exact) mass is 386 g/mol. The molecule has 148 valence electrons. The third kappa shape index (κ3) is 5.93. The van der Waals surface area contributed by atoms with Gasteiger partial charge in [-0.2, -0.15) is 0 Å². The molecule has 1 aliphatic rings. The van der Waals surface area contributed by atoms with E-state index >= 15 is 0 Å². The van der Waals surface area contributed by atoms with Crippen LogP contribution in [0.1, 0.15) is 30.9 Å². The minimum atomic E-state index is -0.533. The lowest BCUT2D eigenvalue weighted by Gasteiger charge is -2.34. The summed E-state index contributed by atoms with van der Waals surface area (Å²) in [6, 6.07) is 5.86. The number of anilines is 1. The van der Waals surface area contributed by atoms with Gasteiger partial charge in [-0.15, -0.1) is 12.4 Å². The SMILES string of the molecule is CCOCCOCc1cccc(NC(=O)C2(CN)CCOCC2)c1C.Cl. The maximum Gasteiger partial charge on any atom is 0.232 e. The van der Waals surface area contributed by atoms with Crippen LogP contribution in [0.2, 0.25) is 0 Å². The fourth-order valence-electron chi connectivity index (χ4n) is 2.96. The van der Waals surface area contributed by atoms with Gasteiger partial charge in [-0.3, -0.25) is 4.79 Å². The Hall–Kier alpha value is -1.18. The number of nitrogens with one attached hydrogen (secondary N) is 1. The molecule has 3 N–H and O–H groups in total. The highest BCUT2D eigenvalue weighted by atomic mass is 35.5. The molecule has 2 rings (SSSR count). The number of carbonyl (C=O) groups is 1. The topological polar surface area (TPSA) is 82.8 Å². The van der Waals surface area contributed by atoms with Gasteiger partial charge in [0, 0.05) is 32.1 Å². The summed E-state index contributed by atoms with van der Waals surface area (Å²) in [7, 11) is 0. The number of hydrogen-bond donors (Lipinski definition) is 2. The van der Waals surface area contributed by atoms with Crippen LogP contribution in [-0.4, -0.2) is 45.5 Å². The molecular weight excluding hydrogens is 356 g/mol. The van der Waals surface area contributed by atoms with Crippen LogP contribution in [0.25, 0.3) is 0 Å². The predicted octanol–water partition coefficient (Wildman–Crippen LogP) is 2.66. The van der Waals surface area contributed by atoms with E-state index in [0.29, 0.717) is 59.0 Å². The Labute approximate surface area is 162 Å². The molecule has 1 aromatic rings. The molecule has 1 saturated heterocycles. The molecule has 7 heteroatoms. The van der Waals surface area contributed by atoms with E-state index in [1.54, 1.807) is 0 Å². The fourth-order valence-corrected chi connectivity index (χ4v) is 2.96. The Morgan fingerprint density at radius 3 is 2.62 bits per heavy atom. The molecule has 26 heavy (non-hydrogen) atoms. The van der Waals surface area contributed by atoms with E-state index in [4.69, 9.17) is 19.9 Å². The first kappa shape index (κ1) is 22.9. The first-order valence-electron chi connectivity index (χ1n) is 8.96. The van der Waals surface area contributed by atoms with Crippen LogP contribution in [0.15, 0.2) is 18.2 Å². The van der Waals surface area contributed by atoms with Crippen LogP contribution in [0.4, 0.5) is 5.69 Å². The van der Waals surface area contributed by atoms with Gasteiger partial charge >= 0.3 is 0 Å². The number of rotatable bonds is 9. The Morgan fingerprint density at radius 2 is 1.96 bits per heavy atom. The molecule has 0 radical (unpaired) electrons. The van der Waals surface area contributed by atoms with Crippen LogP contribution >= 0.6 is 12.4 Å². The van der Waals surface area contributed by atoms with Gasteiger partial charge < -0.3 is 25.3 Å². The number of nitrogens with two attached hydrogens (primary N) is 1. The highest BCUT2D eigenvalue weighted by Gasteiger charge is 2.38. The summed E-state index contributed by atoms with van der Waals surface area (Å²) in [5.41, 5.74) is 8.28. The van der Waals surface area contributed by atoms with Crippen molar-refractivity contribution in [3.05, 3.63) is 29.3 Å². The Morgan fingerprint density at radius 1 is 1.27 bits per heavy atom. The number of ether oxygens (including phenoxy) is 3. The lowest BCUT2D eigenvalue weighted by molar-refractivity contribution is -0.130. The number of halogens is 1. The first-order chi connectivity index (χ1) is 12.1. The molecular formula is C19H31ClN2O4. The maximum absolute atomic E-state index is 12.8. The van der Waals surface area contributed by atoms with E-state index in [1.165, 1.54) is 0 Å². The van der Waals surface area contributed by atoms with Crippen molar-refractivity contribution >= 4 is 24.0 Å². The molecule has 1 amide bonds. The van der Waals surface area contributed by atoms with Gasteiger partial charge in [0.2, 0.25) is 5.91 Å². The zero-order valence-electron chi connectivity index (χ0n) is 15.7. The van der Waals surface area contributed by atoms with Crippen LogP contribution in [-0.2, 0) is 25.6 Å². The summed E-state index contributed by atoms with van der Waals surface area (Å²) in [5.74, 6) is -0.0178. The Kier molecular flexibility index (Phi) is 10.1. The van der Waals surface area contributed by atoms with Gasteiger partial charge in [0.05, 0.1) is 25.2 Å². The Balaban J connectivity index is 0.00000338. The van der Waals surface area contributed by atoms with Crippen LogP contribution in [0, 0.1) is 12.3 Å². The van der Waals surface area contributed by atoms with Crippen molar-refractivity contribution in [3.63, 3.8) is 0 Å². The molecule has 1 aromatic carbocycles. The van der Waals surface area contributed by atoms with E-state index in [-0.39, 0.29) is 18.3 Å². The van der Waals surface area contributed by atoms with Gasteiger partial charge in [-0.25, -0.2) is 0 Å². The standard InChI is InChI=1S/C19H30N2O4.ClH/c1-3-23-11-12-25-13-16-5-4-6-17(15(16)2)21-18(22)19(14-20)7-9-24-10-8-19;/h4-6H,3,7-14,20H2,1-2H3,(H,21,22);1H. The van der Waals surface area contributed by atoms with Crippen LogP contribution < -0.4 is 11.1 Å². The molecule has 1 fully saturated rings. The van der Waals surface area contributed by atoms with Gasteiger partial charge in [0.25, 0.3) is 0 Å². The average molecular weight is 387 g/mol. The second kappa shape index (κ2) is 11.5. The van der Waals surface area contributed by atoms with Crippen molar-refractivity contribution in [2.45, 2.75) is 33.3 Å². The van der Waals surface area contributed by atoms with Gasteiger partial charge in [0.15, 0.2) is 0 Å². The summed E-state index contributed by atoms with van der Waals surface area (Å²) < 4.78 is 16.3. The van der Waals surface area contributed by atoms with Gasteiger partial charge in [-0.05, 0) is 43.9 Å². The molecule has 0 unspecified atom stereocenters. The highest BCUT2D eigenvalue weighted by Crippen LogP contribution is 2.31. The molecule has 0 aliphatic carbocycles. The average Bonchev–Trinajstić information content (AvgIpc) is 2.64. The second-order valence-electron chi connectivity index (χ2n) is 6.39. The third-order valence-electron chi connectivity index (χ3n) is 4.85.